The Hall–Kier alpha value is -4.02. The van der Waals surface area contributed by atoms with Gasteiger partial charge >= 0.3 is 5.97 Å². The van der Waals surface area contributed by atoms with E-state index >= 15 is 0 Å². The maximum Gasteiger partial charge on any atom is 0.325 e. The van der Waals surface area contributed by atoms with Crippen molar-refractivity contribution in [3.05, 3.63) is 87.9 Å². The number of aliphatic carboxylic acids is 1. The van der Waals surface area contributed by atoms with Gasteiger partial charge in [0.2, 0.25) is 11.8 Å². The Balaban J connectivity index is 1.67. The molecule has 4 atom stereocenters. The summed E-state index contributed by atoms with van der Waals surface area (Å²) < 4.78 is 11.5. The average molecular weight is 607 g/mol. The highest BCUT2D eigenvalue weighted by Crippen LogP contribution is 2.52. The number of carbonyl (C=O) groups is 4. The zero-order chi connectivity index (χ0) is 28.8. The van der Waals surface area contributed by atoms with Gasteiger partial charge in [0, 0.05) is 18.0 Å². The molecule has 2 N–H and O–H groups in total. The highest BCUT2D eigenvalue weighted by Gasteiger charge is 2.68. The van der Waals surface area contributed by atoms with Crippen LogP contribution in [0.25, 0.3) is 0 Å². The van der Waals surface area contributed by atoms with Gasteiger partial charge in [-0.15, -0.1) is 0 Å². The second kappa shape index (κ2) is 10.5. The van der Waals surface area contributed by atoms with Gasteiger partial charge in [-0.3, -0.25) is 24.5 Å². The number of ether oxygens (including phenoxy) is 2. The quantitative estimate of drug-likeness (QED) is 0.289. The number of ketones is 1. The molecule has 4 unspecified atom stereocenters. The van der Waals surface area contributed by atoms with E-state index in [1.807, 2.05) is 6.07 Å². The first kappa shape index (κ1) is 27.5. The molecular weight excluding hydrogens is 580 g/mol. The largest absolute Gasteiger partial charge is 0.493 e. The van der Waals surface area contributed by atoms with Crippen LogP contribution in [0.3, 0.4) is 0 Å². The fourth-order valence-corrected chi connectivity index (χ4v) is 6.48. The normalized spacial score (nSPS) is 23.7. The smallest absolute Gasteiger partial charge is 0.325 e. The summed E-state index contributed by atoms with van der Waals surface area (Å²) in [6.45, 7) is 1.42. The molecule has 2 saturated heterocycles. The molecule has 3 aromatic carbocycles. The van der Waals surface area contributed by atoms with Gasteiger partial charge < -0.3 is 14.6 Å². The number of benzene rings is 3. The van der Waals surface area contributed by atoms with Crippen LogP contribution >= 0.6 is 15.9 Å². The van der Waals surface area contributed by atoms with Crippen molar-refractivity contribution in [2.45, 2.75) is 24.9 Å². The highest BCUT2D eigenvalue weighted by atomic mass is 79.9. The number of anilines is 1. The van der Waals surface area contributed by atoms with Crippen LogP contribution in [0, 0.1) is 11.8 Å². The van der Waals surface area contributed by atoms with E-state index in [1.165, 1.54) is 33.3 Å². The third kappa shape index (κ3) is 4.37. The first-order chi connectivity index (χ1) is 19.1. The van der Waals surface area contributed by atoms with Crippen molar-refractivity contribution < 1.29 is 33.8 Å². The molecule has 2 fully saturated rings. The van der Waals surface area contributed by atoms with Crippen molar-refractivity contribution in [1.82, 2.24) is 5.32 Å². The zero-order valence-corrected chi connectivity index (χ0v) is 23.6. The summed E-state index contributed by atoms with van der Waals surface area (Å²) in [6, 6.07) is 17.7. The number of nitrogens with one attached hydrogen (secondary N) is 1. The van der Waals surface area contributed by atoms with Crippen molar-refractivity contribution in [3.63, 3.8) is 0 Å². The van der Waals surface area contributed by atoms with E-state index in [1.54, 1.807) is 48.5 Å². The molecule has 10 heteroatoms. The predicted octanol–water partition coefficient (Wildman–Crippen LogP) is 4.19. The molecule has 0 aliphatic carbocycles. The number of rotatable bonds is 8. The van der Waals surface area contributed by atoms with Gasteiger partial charge in [-0.25, -0.2) is 4.90 Å². The number of fused-ring (bicyclic) bond motifs is 1. The lowest BCUT2D eigenvalue weighted by Gasteiger charge is -2.31. The molecule has 3 aromatic rings. The van der Waals surface area contributed by atoms with Crippen LogP contribution in [-0.2, 0) is 20.8 Å². The summed E-state index contributed by atoms with van der Waals surface area (Å²) in [5.74, 6) is -3.93. The zero-order valence-electron chi connectivity index (χ0n) is 22.0. The van der Waals surface area contributed by atoms with Crippen molar-refractivity contribution in [2.75, 3.05) is 19.1 Å². The maximum absolute atomic E-state index is 14.1. The highest BCUT2D eigenvalue weighted by molar-refractivity contribution is 9.10. The lowest BCUT2D eigenvalue weighted by atomic mass is 9.76. The summed E-state index contributed by atoms with van der Waals surface area (Å²) in [5.41, 5.74) is 0.194. The molecule has 0 radical (unpaired) electrons. The molecule has 206 valence electrons. The van der Waals surface area contributed by atoms with Crippen molar-refractivity contribution >= 4 is 45.2 Å². The SMILES string of the molecule is COc1cc(C2NC(Cc3ccccc3)(C(=O)O)C3C(=O)N(c4ccc(C(C)=O)cc4)C(=O)C23)cc(Br)c1OC. The summed E-state index contributed by atoms with van der Waals surface area (Å²) >= 11 is 3.48. The number of hydrogen-bond acceptors (Lipinski definition) is 7. The lowest BCUT2D eigenvalue weighted by molar-refractivity contribution is -0.148. The molecule has 5 rings (SSSR count). The van der Waals surface area contributed by atoms with E-state index < -0.39 is 41.2 Å². The Morgan fingerprint density at radius 1 is 1.00 bits per heavy atom. The van der Waals surface area contributed by atoms with Crippen LogP contribution in [-0.4, -0.2) is 48.4 Å². The summed E-state index contributed by atoms with van der Waals surface area (Å²) in [5, 5.41) is 13.9. The molecule has 0 spiro atoms. The molecule has 2 aliphatic rings. The fraction of sp³-hybridized carbons (Fsp3) is 0.267. The molecule has 40 heavy (non-hydrogen) atoms. The Labute approximate surface area is 239 Å². The molecule has 0 aromatic heterocycles. The standard InChI is InChI=1S/C30H27BrN2O7/c1-16(34)18-9-11-20(12-10-18)33-27(35)23-24(28(33)36)30(29(37)38,15-17-7-5-4-6-8-17)32-25(23)19-13-21(31)26(40-3)22(14-19)39-2/h4-14,23-25,32H,15H2,1-3H3,(H,37,38). The first-order valence-electron chi connectivity index (χ1n) is 12.6. The van der Waals surface area contributed by atoms with Gasteiger partial charge in [-0.2, -0.15) is 0 Å². The van der Waals surface area contributed by atoms with Gasteiger partial charge in [0.15, 0.2) is 17.3 Å². The minimum atomic E-state index is -1.78. The van der Waals surface area contributed by atoms with Crippen LogP contribution in [0.2, 0.25) is 0 Å². The second-order valence-corrected chi connectivity index (χ2v) is 10.8. The molecule has 2 heterocycles. The number of imide groups is 1. The predicted molar refractivity (Wildman–Crippen MR) is 150 cm³/mol. The maximum atomic E-state index is 14.1. The Morgan fingerprint density at radius 2 is 1.68 bits per heavy atom. The number of amides is 2. The number of hydrogen-bond donors (Lipinski definition) is 2. The van der Waals surface area contributed by atoms with E-state index in [4.69, 9.17) is 9.47 Å². The van der Waals surface area contributed by atoms with E-state index in [0.717, 1.165) is 4.90 Å². The molecule has 9 nitrogen and oxygen atoms in total. The number of methoxy groups -OCH3 is 2. The van der Waals surface area contributed by atoms with Gasteiger partial charge in [0.1, 0.15) is 5.54 Å². The average Bonchev–Trinajstić information content (AvgIpc) is 3.42. The minimum absolute atomic E-state index is 0.0224. The van der Waals surface area contributed by atoms with Gasteiger partial charge in [0.05, 0.1) is 36.2 Å². The monoisotopic (exact) mass is 606 g/mol. The third-order valence-electron chi connectivity index (χ3n) is 7.71. The fourth-order valence-electron chi connectivity index (χ4n) is 5.86. The van der Waals surface area contributed by atoms with Crippen molar-refractivity contribution in [3.8, 4) is 11.5 Å². The number of nitrogens with zero attached hydrogens (tertiary/aromatic N) is 1. The number of carboxylic acids is 1. The second-order valence-electron chi connectivity index (χ2n) is 9.92. The third-order valence-corrected chi connectivity index (χ3v) is 8.30. The molecule has 2 amide bonds. The number of carbonyl (C=O) groups excluding carboxylic acids is 3. The number of halogens is 1. The minimum Gasteiger partial charge on any atom is -0.493 e. The van der Waals surface area contributed by atoms with Crippen LogP contribution in [0.15, 0.2) is 71.2 Å². The number of Topliss-reactive ketones (excluding diaryl/α,β-unsaturated/α-hetero) is 1. The van der Waals surface area contributed by atoms with Crippen LogP contribution in [0.1, 0.15) is 34.5 Å². The van der Waals surface area contributed by atoms with Gasteiger partial charge in [0.25, 0.3) is 0 Å². The van der Waals surface area contributed by atoms with E-state index in [-0.39, 0.29) is 17.9 Å². The van der Waals surface area contributed by atoms with Gasteiger partial charge in [-0.05, 0) is 70.4 Å². The van der Waals surface area contributed by atoms with E-state index in [9.17, 15) is 24.3 Å². The van der Waals surface area contributed by atoms with Crippen LogP contribution in [0.5, 0.6) is 11.5 Å². The molecular formula is C30H27BrN2O7. The van der Waals surface area contributed by atoms with Gasteiger partial charge in [-0.1, -0.05) is 30.3 Å². The van der Waals surface area contributed by atoms with Crippen molar-refractivity contribution in [1.29, 1.82) is 0 Å². The van der Waals surface area contributed by atoms with Crippen LogP contribution in [0.4, 0.5) is 5.69 Å². The lowest BCUT2D eigenvalue weighted by Crippen LogP contribution is -2.57. The molecule has 2 aliphatic heterocycles. The Bertz CT molecular complexity index is 1510. The summed E-state index contributed by atoms with van der Waals surface area (Å²) in [4.78, 5) is 54.1. The van der Waals surface area contributed by atoms with E-state index in [2.05, 4.69) is 21.2 Å². The summed E-state index contributed by atoms with van der Waals surface area (Å²) in [7, 11) is 2.97. The topological polar surface area (TPSA) is 122 Å². The first-order valence-corrected chi connectivity index (χ1v) is 13.4. The van der Waals surface area contributed by atoms with E-state index in [0.29, 0.717) is 32.7 Å². The number of carboxylic acid groups (broad SMARTS) is 1. The van der Waals surface area contributed by atoms with Crippen molar-refractivity contribution in [2.24, 2.45) is 11.8 Å². The Kier molecular flexibility index (Phi) is 7.24. The molecule has 0 saturated carbocycles. The summed E-state index contributed by atoms with van der Waals surface area (Å²) in [6.07, 6.45) is -0.0224. The van der Waals surface area contributed by atoms with Crippen LogP contribution < -0.4 is 19.7 Å². The molecule has 0 bridgehead atoms. The Morgan fingerprint density at radius 3 is 2.25 bits per heavy atom.